The molecule has 1 aromatic rings. The minimum Gasteiger partial charge on any atom is -0.288 e. The Morgan fingerprint density at radius 3 is 2.72 bits per heavy atom. The van der Waals surface area contributed by atoms with Gasteiger partial charge in [-0.25, -0.2) is 0 Å². The van der Waals surface area contributed by atoms with Gasteiger partial charge in [0.05, 0.1) is 4.24 Å². The molecule has 0 radical (unpaired) electrons. The van der Waals surface area contributed by atoms with Crippen molar-refractivity contribution < 1.29 is 4.79 Å². The third-order valence-electron chi connectivity index (χ3n) is 2.48. The second-order valence-corrected chi connectivity index (χ2v) is 6.21. The Hall–Kier alpha value is -1.44. The van der Waals surface area contributed by atoms with Crippen LogP contribution in [0.15, 0.2) is 52.8 Å². The second-order valence-electron chi connectivity index (χ2n) is 3.67. The SMILES string of the molecule is C=CC1CSC(=C(C#N)C(=O)c2ccccc2)S1. The number of carbonyl (C=O) groups is 1. The van der Waals surface area contributed by atoms with Crippen LogP contribution in [0.2, 0.25) is 0 Å². The van der Waals surface area contributed by atoms with Crippen LogP contribution in [0.25, 0.3) is 0 Å². The van der Waals surface area contributed by atoms with E-state index in [2.05, 4.69) is 6.58 Å². The first-order valence-electron chi connectivity index (χ1n) is 5.42. The van der Waals surface area contributed by atoms with E-state index in [9.17, 15) is 10.1 Å². The van der Waals surface area contributed by atoms with E-state index >= 15 is 0 Å². The summed E-state index contributed by atoms with van der Waals surface area (Å²) >= 11 is 3.11. The summed E-state index contributed by atoms with van der Waals surface area (Å²) in [5, 5.41) is 9.48. The lowest BCUT2D eigenvalue weighted by atomic mass is 10.1. The molecule has 0 aromatic heterocycles. The monoisotopic (exact) mass is 273 g/mol. The first-order chi connectivity index (χ1) is 8.76. The van der Waals surface area contributed by atoms with E-state index in [-0.39, 0.29) is 16.6 Å². The Labute approximate surface area is 115 Å². The Bertz CT molecular complexity index is 543. The summed E-state index contributed by atoms with van der Waals surface area (Å²) in [5.41, 5.74) is 0.811. The van der Waals surface area contributed by atoms with E-state index in [1.54, 1.807) is 47.8 Å². The molecule has 1 heterocycles. The third-order valence-corrected chi connectivity index (χ3v) is 5.40. The number of Topliss-reactive ketones (excluding diaryl/α,β-unsaturated/α-hetero) is 1. The van der Waals surface area contributed by atoms with Crippen molar-refractivity contribution in [3.05, 3.63) is 58.4 Å². The highest BCUT2D eigenvalue weighted by Gasteiger charge is 2.25. The molecule has 1 saturated heterocycles. The highest BCUT2D eigenvalue weighted by Crippen LogP contribution is 2.44. The smallest absolute Gasteiger partial charge is 0.205 e. The zero-order valence-corrected chi connectivity index (χ0v) is 11.3. The maximum absolute atomic E-state index is 12.2. The van der Waals surface area contributed by atoms with Gasteiger partial charge in [-0.2, -0.15) is 5.26 Å². The maximum Gasteiger partial charge on any atom is 0.205 e. The average Bonchev–Trinajstić information content (AvgIpc) is 2.89. The average molecular weight is 273 g/mol. The first kappa shape index (κ1) is 13.0. The number of rotatable bonds is 3. The second kappa shape index (κ2) is 5.94. The zero-order chi connectivity index (χ0) is 13.0. The summed E-state index contributed by atoms with van der Waals surface area (Å²) < 4.78 is 0.816. The number of allylic oxidation sites excluding steroid dienone is 1. The summed E-state index contributed by atoms with van der Waals surface area (Å²) in [6, 6.07) is 11.0. The minimum atomic E-state index is -0.196. The van der Waals surface area contributed by atoms with E-state index in [1.807, 2.05) is 18.2 Å². The number of thioether (sulfide) groups is 2. The Balaban J connectivity index is 2.31. The zero-order valence-electron chi connectivity index (χ0n) is 9.63. The summed E-state index contributed by atoms with van der Waals surface area (Å²) in [5.74, 6) is 0.675. The molecule has 1 aromatic carbocycles. The van der Waals surface area contributed by atoms with Crippen LogP contribution < -0.4 is 0 Å². The molecule has 90 valence electrons. The van der Waals surface area contributed by atoms with Crippen LogP contribution in [0, 0.1) is 11.3 Å². The molecule has 1 unspecified atom stereocenters. The van der Waals surface area contributed by atoms with Crippen LogP contribution >= 0.6 is 23.5 Å². The molecular weight excluding hydrogens is 262 g/mol. The third kappa shape index (κ3) is 2.69. The molecule has 1 aliphatic rings. The molecule has 18 heavy (non-hydrogen) atoms. The summed E-state index contributed by atoms with van der Waals surface area (Å²) in [7, 11) is 0. The van der Waals surface area contributed by atoms with E-state index < -0.39 is 0 Å². The molecule has 0 saturated carbocycles. The van der Waals surface area contributed by atoms with Gasteiger partial charge >= 0.3 is 0 Å². The van der Waals surface area contributed by atoms with Gasteiger partial charge in [-0.15, -0.1) is 30.1 Å². The molecule has 0 N–H and O–H groups in total. The van der Waals surface area contributed by atoms with Crippen LogP contribution in [0.5, 0.6) is 0 Å². The standard InChI is InChI=1S/C14H11NOS2/c1-2-11-9-17-14(18-11)12(8-15)13(16)10-6-4-3-5-7-10/h2-7,11H,1,9H2. The largest absolute Gasteiger partial charge is 0.288 e. The normalized spacial score (nSPS) is 21.2. The molecule has 0 amide bonds. The van der Waals surface area contributed by atoms with Gasteiger partial charge in [0.2, 0.25) is 5.78 Å². The Kier molecular flexibility index (Phi) is 4.29. The maximum atomic E-state index is 12.2. The Morgan fingerprint density at radius 2 is 2.17 bits per heavy atom. The lowest BCUT2D eigenvalue weighted by Crippen LogP contribution is -2.02. The Morgan fingerprint density at radius 1 is 1.44 bits per heavy atom. The van der Waals surface area contributed by atoms with Crippen LogP contribution in [0.4, 0.5) is 0 Å². The number of hydrogen-bond acceptors (Lipinski definition) is 4. The molecule has 0 spiro atoms. The molecule has 1 atom stereocenters. The lowest BCUT2D eigenvalue weighted by molar-refractivity contribution is 0.103. The first-order valence-corrected chi connectivity index (χ1v) is 7.29. The van der Waals surface area contributed by atoms with Crippen molar-refractivity contribution in [1.29, 1.82) is 5.26 Å². The minimum absolute atomic E-state index is 0.196. The van der Waals surface area contributed by atoms with Gasteiger partial charge in [0.25, 0.3) is 0 Å². The summed E-state index contributed by atoms with van der Waals surface area (Å²) in [4.78, 5) is 12.2. The highest BCUT2D eigenvalue weighted by atomic mass is 32.2. The number of ketones is 1. The van der Waals surface area contributed by atoms with Crippen molar-refractivity contribution in [1.82, 2.24) is 0 Å². The number of carbonyl (C=O) groups excluding carboxylic acids is 1. The van der Waals surface area contributed by atoms with E-state index in [4.69, 9.17) is 0 Å². The van der Waals surface area contributed by atoms with Crippen molar-refractivity contribution in [3.8, 4) is 6.07 Å². The van der Waals surface area contributed by atoms with Gasteiger partial charge in [-0.05, 0) is 0 Å². The van der Waals surface area contributed by atoms with Crippen LogP contribution in [0.1, 0.15) is 10.4 Å². The van der Waals surface area contributed by atoms with Crippen molar-refractivity contribution in [2.45, 2.75) is 5.25 Å². The van der Waals surface area contributed by atoms with Gasteiger partial charge in [0, 0.05) is 16.6 Å². The van der Waals surface area contributed by atoms with Crippen LogP contribution in [-0.4, -0.2) is 16.8 Å². The molecule has 1 aliphatic heterocycles. The molecule has 2 nitrogen and oxygen atoms in total. The fourth-order valence-electron chi connectivity index (χ4n) is 1.53. The quantitative estimate of drug-likeness (QED) is 0.365. The van der Waals surface area contributed by atoms with Gasteiger partial charge in [-0.1, -0.05) is 36.4 Å². The van der Waals surface area contributed by atoms with E-state index in [1.165, 1.54) is 0 Å². The number of nitrogens with zero attached hydrogens (tertiary/aromatic N) is 1. The van der Waals surface area contributed by atoms with Gasteiger partial charge in [-0.3, -0.25) is 4.79 Å². The van der Waals surface area contributed by atoms with Crippen LogP contribution in [-0.2, 0) is 0 Å². The predicted octanol–water partition coefficient (Wildman–Crippen LogP) is 3.64. The van der Waals surface area contributed by atoms with Gasteiger partial charge in [0.15, 0.2) is 0 Å². The number of hydrogen-bond donors (Lipinski definition) is 0. The van der Waals surface area contributed by atoms with Crippen LogP contribution in [0.3, 0.4) is 0 Å². The predicted molar refractivity (Wildman–Crippen MR) is 77.4 cm³/mol. The molecule has 2 rings (SSSR count). The van der Waals surface area contributed by atoms with Crippen molar-refractivity contribution in [3.63, 3.8) is 0 Å². The molecule has 1 fully saturated rings. The summed E-state index contributed by atoms with van der Waals surface area (Å²) in [6.45, 7) is 3.74. The number of benzene rings is 1. The summed E-state index contributed by atoms with van der Waals surface area (Å²) in [6.07, 6.45) is 1.85. The highest BCUT2D eigenvalue weighted by molar-refractivity contribution is 8.25. The molecular formula is C14H11NOS2. The molecule has 0 bridgehead atoms. The van der Waals surface area contributed by atoms with Crippen molar-refractivity contribution in [2.75, 3.05) is 5.75 Å². The van der Waals surface area contributed by atoms with E-state index in [0.29, 0.717) is 5.56 Å². The lowest BCUT2D eigenvalue weighted by Gasteiger charge is -2.02. The molecule has 4 heteroatoms. The van der Waals surface area contributed by atoms with E-state index in [0.717, 1.165) is 9.99 Å². The molecule has 0 aliphatic carbocycles. The van der Waals surface area contributed by atoms with Gasteiger partial charge < -0.3 is 0 Å². The topological polar surface area (TPSA) is 40.9 Å². The van der Waals surface area contributed by atoms with Crippen molar-refractivity contribution in [2.24, 2.45) is 0 Å². The number of nitriles is 1. The van der Waals surface area contributed by atoms with Crippen molar-refractivity contribution >= 4 is 29.3 Å². The van der Waals surface area contributed by atoms with Gasteiger partial charge in [0.1, 0.15) is 11.6 Å². The fourth-order valence-corrected chi connectivity index (χ4v) is 4.22. The fraction of sp³-hybridized carbons (Fsp3) is 0.143.